The van der Waals surface area contributed by atoms with E-state index in [0.717, 1.165) is 134 Å². The van der Waals surface area contributed by atoms with Gasteiger partial charge in [-0.05, 0) is 207 Å². The van der Waals surface area contributed by atoms with Crippen molar-refractivity contribution in [3.8, 4) is 112 Å². The largest absolute Gasteiger partial charge is 0.456 e. The van der Waals surface area contributed by atoms with Gasteiger partial charge in [0.25, 0.3) is 0 Å². The lowest BCUT2D eigenvalue weighted by molar-refractivity contribution is 0.174. The van der Waals surface area contributed by atoms with E-state index in [1.807, 2.05) is 0 Å². The third-order valence-electron chi connectivity index (χ3n) is 17.1. The molecule has 0 saturated carbocycles. The highest BCUT2D eigenvalue weighted by Gasteiger charge is 2.49. The zero-order valence-electron chi connectivity index (χ0n) is 45.3. The van der Waals surface area contributed by atoms with Crippen LogP contribution in [0.2, 0.25) is 0 Å². The molecule has 0 bridgehead atoms. The zero-order chi connectivity index (χ0) is 54.8. The van der Waals surface area contributed by atoms with Gasteiger partial charge in [0, 0.05) is 10.8 Å². The van der Waals surface area contributed by atoms with Crippen molar-refractivity contribution in [2.75, 3.05) is 6.79 Å². The van der Waals surface area contributed by atoms with Crippen molar-refractivity contribution in [3.05, 3.63) is 326 Å². The molecule has 0 amide bonds. The Kier molecular flexibility index (Phi) is 11.5. The van der Waals surface area contributed by atoms with Gasteiger partial charge < -0.3 is 13.9 Å². The molecule has 3 heteroatoms. The van der Waals surface area contributed by atoms with Gasteiger partial charge in [-0.15, -0.1) is 0 Å². The number of rotatable bonds is 10. The number of hydrogen-bond acceptors (Lipinski definition) is 3. The first-order valence-corrected chi connectivity index (χ1v) is 28.4. The topological polar surface area (TPSA) is 31.6 Å². The second-order valence-electron chi connectivity index (χ2n) is 21.8. The summed E-state index contributed by atoms with van der Waals surface area (Å²) >= 11 is 0. The maximum atomic E-state index is 6.81. The molecule has 3 nitrogen and oxygen atoms in total. The van der Waals surface area contributed by atoms with Gasteiger partial charge in [-0.1, -0.05) is 218 Å². The quantitative estimate of drug-likeness (QED) is 0.137. The zero-order valence-corrected chi connectivity index (χ0v) is 45.3. The average molecular weight is 1060 g/mol. The Morgan fingerprint density at radius 1 is 0.253 bits per heavy atom. The summed E-state index contributed by atoms with van der Waals surface area (Å²) in [5.74, 6) is 1.45. The predicted octanol–water partition coefficient (Wildman–Crippen LogP) is 21.0. The molecule has 1 aliphatic carbocycles. The van der Waals surface area contributed by atoms with Crippen molar-refractivity contribution in [2.24, 2.45) is 0 Å². The van der Waals surface area contributed by atoms with Gasteiger partial charge in [0.2, 0.25) is 6.79 Å². The molecule has 0 spiro atoms. The van der Waals surface area contributed by atoms with E-state index in [1.54, 1.807) is 0 Å². The first-order valence-electron chi connectivity index (χ1n) is 28.4. The normalized spacial score (nSPS) is 12.8. The van der Waals surface area contributed by atoms with Gasteiger partial charge in [-0.25, -0.2) is 0 Å². The van der Waals surface area contributed by atoms with Crippen LogP contribution in [0.1, 0.15) is 22.3 Å². The summed E-state index contributed by atoms with van der Waals surface area (Å²) in [6.07, 6.45) is 0. The molecule has 0 atom stereocenters. The Morgan fingerprint density at radius 2 is 0.602 bits per heavy atom. The Hall–Kier alpha value is -10.7. The molecule has 0 saturated heterocycles. The number of furan rings is 1. The fraction of sp³-hybridized carbons (Fsp3) is 0.0250. The van der Waals surface area contributed by atoms with E-state index in [9.17, 15) is 0 Å². The smallest absolute Gasteiger partial charge is 0.231 e. The van der Waals surface area contributed by atoms with Crippen molar-refractivity contribution >= 4 is 21.9 Å². The van der Waals surface area contributed by atoms with Crippen LogP contribution in [-0.4, -0.2) is 6.79 Å². The molecule has 2 heterocycles. The van der Waals surface area contributed by atoms with Gasteiger partial charge in [0.15, 0.2) is 11.5 Å². The third-order valence-corrected chi connectivity index (χ3v) is 17.1. The predicted molar refractivity (Wildman–Crippen MR) is 341 cm³/mol. The average Bonchev–Trinajstić information content (AvgIpc) is 1.82. The van der Waals surface area contributed by atoms with Crippen molar-refractivity contribution in [3.63, 3.8) is 0 Å². The lowest BCUT2D eigenvalue weighted by Crippen LogP contribution is -2.29. The molecule has 13 aromatic carbocycles. The van der Waals surface area contributed by atoms with Gasteiger partial charge in [-0.3, -0.25) is 0 Å². The highest BCUT2D eigenvalue weighted by Crippen LogP contribution is 2.62. The van der Waals surface area contributed by atoms with Crippen LogP contribution in [0.25, 0.3) is 122 Å². The van der Waals surface area contributed by atoms with Crippen LogP contribution < -0.4 is 9.47 Å². The van der Waals surface area contributed by atoms with Gasteiger partial charge in [-0.2, -0.15) is 0 Å². The molecule has 83 heavy (non-hydrogen) atoms. The molecular formula is C80H52O3. The number of fused-ring (bicyclic) bond motifs is 8. The van der Waals surface area contributed by atoms with Crippen LogP contribution in [0.3, 0.4) is 0 Å². The minimum Gasteiger partial charge on any atom is -0.456 e. The summed E-state index contributed by atoms with van der Waals surface area (Å²) in [7, 11) is 0. The van der Waals surface area contributed by atoms with E-state index in [1.165, 1.54) is 22.3 Å². The Bertz CT molecular complexity index is 4390. The number of para-hydroxylation sites is 1. The second kappa shape index (κ2) is 19.8. The fourth-order valence-electron chi connectivity index (χ4n) is 13.2. The van der Waals surface area contributed by atoms with Crippen molar-refractivity contribution < 1.29 is 13.9 Å². The van der Waals surface area contributed by atoms with Crippen molar-refractivity contribution in [2.45, 2.75) is 5.41 Å². The third kappa shape index (κ3) is 8.27. The van der Waals surface area contributed by atoms with Gasteiger partial charge >= 0.3 is 0 Å². The van der Waals surface area contributed by atoms with E-state index < -0.39 is 5.41 Å². The summed E-state index contributed by atoms with van der Waals surface area (Å²) in [4.78, 5) is 0. The van der Waals surface area contributed by atoms with Crippen LogP contribution in [0.15, 0.2) is 308 Å². The Morgan fingerprint density at radius 3 is 1.02 bits per heavy atom. The van der Waals surface area contributed by atoms with Crippen molar-refractivity contribution in [1.82, 2.24) is 0 Å². The molecule has 0 radical (unpaired) electrons. The standard InChI is InChI=1S/C80H52O3/c1-5-19-52(20-6-1)56-27-15-31-60(39-56)64-43-65(61-32-16-28-57(40-61)53-21-7-2-8-22-53)46-68(45-64)80(72-37-38-75-79(70-35-13-14-36-74(70)83-75)78(72)71-49-76-77(50-73(71)80)82-51-81-76)69-47-66(62-33-17-29-58(41-62)54-23-9-3-10-24-54)44-67(48-69)63-34-18-30-59(42-63)55-25-11-4-12-26-55/h1-50H,51H2. The van der Waals surface area contributed by atoms with Gasteiger partial charge in [0.1, 0.15) is 11.2 Å². The van der Waals surface area contributed by atoms with Crippen LogP contribution in [-0.2, 0) is 5.41 Å². The minimum absolute atomic E-state index is 0.140. The molecule has 2 aliphatic rings. The molecular weight excluding hydrogens is 1010 g/mol. The molecule has 0 N–H and O–H groups in total. The summed E-state index contributed by atoms with van der Waals surface area (Å²) in [5, 5.41) is 2.14. The number of ether oxygens (including phenoxy) is 2. The molecule has 1 aliphatic heterocycles. The molecule has 0 unspecified atom stereocenters. The van der Waals surface area contributed by atoms with Crippen LogP contribution >= 0.6 is 0 Å². The van der Waals surface area contributed by atoms with Gasteiger partial charge in [0.05, 0.1) is 5.41 Å². The molecule has 390 valence electrons. The first-order chi connectivity index (χ1) is 41.1. The van der Waals surface area contributed by atoms with Crippen LogP contribution in [0.4, 0.5) is 0 Å². The second-order valence-corrected chi connectivity index (χ2v) is 21.8. The lowest BCUT2D eigenvalue weighted by atomic mass is 9.66. The summed E-state index contributed by atoms with van der Waals surface area (Å²) in [5.41, 5.74) is 25.6. The number of benzene rings is 13. The van der Waals surface area contributed by atoms with E-state index in [-0.39, 0.29) is 6.79 Å². The highest BCUT2D eigenvalue weighted by molar-refractivity contribution is 6.16. The Labute approximate surface area is 482 Å². The maximum absolute atomic E-state index is 6.81. The summed E-state index contributed by atoms with van der Waals surface area (Å²) in [6.45, 7) is 0.140. The van der Waals surface area contributed by atoms with Crippen LogP contribution in [0, 0.1) is 0 Å². The van der Waals surface area contributed by atoms with E-state index >= 15 is 0 Å². The first kappa shape index (κ1) is 48.2. The van der Waals surface area contributed by atoms with Crippen molar-refractivity contribution in [1.29, 1.82) is 0 Å². The molecule has 14 aromatic rings. The molecule has 0 fully saturated rings. The van der Waals surface area contributed by atoms with Crippen LogP contribution in [0.5, 0.6) is 11.5 Å². The Balaban J connectivity index is 1.05. The SMILES string of the molecule is c1ccc(-c2cccc(-c3cc(-c4cccc(-c5ccccc5)c4)cc(C4(c5cc(-c6cccc(-c7ccccc7)c6)cc(-c6cccc(-c7ccccc7)c6)c5)c5cc6c(cc5-c5c4ccc4oc7ccccc7c54)OCO6)c3)c2)cc1. The number of hydrogen-bond donors (Lipinski definition) is 0. The van der Waals surface area contributed by atoms with E-state index in [2.05, 4.69) is 303 Å². The summed E-state index contributed by atoms with van der Waals surface area (Å²) < 4.78 is 19.6. The highest BCUT2D eigenvalue weighted by atomic mass is 16.7. The van der Waals surface area contributed by atoms with E-state index in [4.69, 9.17) is 13.9 Å². The minimum atomic E-state index is -0.976. The molecule has 1 aromatic heterocycles. The summed E-state index contributed by atoms with van der Waals surface area (Å²) in [6, 6.07) is 111. The monoisotopic (exact) mass is 1060 g/mol. The fourth-order valence-corrected chi connectivity index (χ4v) is 13.2. The maximum Gasteiger partial charge on any atom is 0.231 e. The molecule has 16 rings (SSSR count). The van der Waals surface area contributed by atoms with E-state index in [0.29, 0.717) is 0 Å². The lowest BCUT2D eigenvalue weighted by Gasteiger charge is -2.35.